The van der Waals surface area contributed by atoms with Crippen LogP contribution < -0.4 is 5.73 Å². The molecule has 0 saturated carbocycles. The van der Waals surface area contributed by atoms with Gasteiger partial charge in [-0.05, 0) is 30.7 Å². The van der Waals surface area contributed by atoms with Gasteiger partial charge in [-0.1, -0.05) is 11.8 Å². The number of nitrogens with two attached hydrogens (primary N) is 1. The van der Waals surface area contributed by atoms with E-state index in [0.717, 1.165) is 10.5 Å². The predicted molar refractivity (Wildman–Crippen MR) is 76.1 cm³/mol. The topological polar surface area (TPSA) is 66.6 Å². The lowest BCUT2D eigenvalue weighted by molar-refractivity contribution is 0.0509. The van der Waals surface area contributed by atoms with Crippen molar-refractivity contribution >= 4 is 5.91 Å². The fourth-order valence-corrected chi connectivity index (χ4v) is 1.88. The summed E-state index contributed by atoms with van der Waals surface area (Å²) in [5, 5.41) is 8.90. The monoisotopic (exact) mass is 296 g/mol. The first-order valence-corrected chi connectivity index (χ1v) is 6.46. The van der Waals surface area contributed by atoms with Gasteiger partial charge >= 0.3 is 0 Å². The standard InChI is InChI=1S/C15H18F2N2O2/c1-11-7-12(3-2-4-18)9-13(8-11)15(21)19(5-6-20)10-14(16)17/h7-9,14,20H,4-6,10,18H2,1H3. The zero-order chi connectivity index (χ0) is 15.8. The molecular formula is C15H18F2N2O2. The maximum absolute atomic E-state index is 12.5. The smallest absolute Gasteiger partial charge is 0.255 e. The molecule has 0 aliphatic carbocycles. The summed E-state index contributed by atoms with van der Waals surface area (Å²) < 4.78 is 25.0. The summed E-state index contributed by atoms with van der Waals surface area (Å²) in [5.41, 5.74) is 6.96. The van der Waals surface area contributed by atoms with Crippen molar-refractivity contribution in [2.75, 3.05) is 26.2 Å². The molecule has 0 spiro atoms. The summed E-state index contributed by atoms with van der Waals surface area (Å²) in [4.78, 5) is 13.2. The molecule has 6 heteroatoms. The molecule has 0 aliphatic heterocycles. The van der Waals surface area contributed by atoms with Crippen molar-refractivity contribution in [2.45, 2.75) is 13.3 Å². The van der Waals surface area contributed by atoms with Gasteiger partial charge in [-0.3, -0.25) is 4.79 Å². The summed E-state index contributed by atoms with van der Waals surface area (Å²) in [6.45, 7) is 0.759. The number of hydrogen-bond donors (Lipinski definition) is 2. The van der Waals surface area contributed by atoms with E-state index < -0.39 is 18.9 Å². The van der Waals surface area contributed by atoms with E-state index in [1.54, 1.807) is 19.1 Å². The Kier molecular flexibility index (Phi) is 6.79. The molecule has 0 atom stereocenters. The summed E-state index contributed by atoms with van der Waals surface area (Å²) in [6, 6.07) is 4.92. The van der Waals surface area contributed by atoms with Crippen molar-refractivity contribution in [3.63, 3.8) is 0 Å². The lowest BCUT2D eigenvalue weighted by Crippen LogP contribution is -2.37. The second-order valence-electron chi connectivity index (χ2n) is 4.46. The van der Waals surface area contributed by atoms with Gasteiger partial charge < -0.3 is 15.7 Å². The second kappa shape index (κ2) is 8.35. The van der Waals surface area contributed by atoms with E-state index in [-0.39, 0.29) is 25.3 Å². The van der Waals surface area contributed by atoms with Crippen molar-refractivity contribution in [1.82, 2.24) is 4.90 Å². The number of nitrogens with zero attached hydrogens (tertiary/aromatic N) is 1. The van der Waals surface area contributed by atoms with Gasteiger partial charge in [0, 0.05) is 17.7 Å². The number of rotatable bonds is 5. The first-order chi connectivity index (χ1) is 9.97. The molecule has 21 heavy (non-hydrogen) atoms. The number of aliphatic hydroxyl groups excluding tert-OH is 1. The highest BCUT2D eigenvalue weighted by Crippen LogP contribution is 2.13. The minimum Gasteiger partial charge on any atom is -0.395 e. The molecule has 1 amide bonds. The second-order valence-corrected chi connectivity index (χ2v) is 4.46. The van der Waals surface area contributed by atoms with Gasteiger partial charge in [0.1, 0.15) is 0 Å². The van der Waals surface area contributed by atoms with Crippen LogP contribution in [0.5, 0.6) is 0 Å². The molecule has 1 aromatic carbocycles. The van der Waals surface area contributed by atoms with Crippen LogP contribution in [0.4, 0.5) is 8.78 Å². The summed E-state index contributed by atoms with van der Waals surface area (Å²) in [5.74, 6) is 4.93. The molecule has 1 aromatic rings. The largest absolute Gasteiger partial charge is 0.395 e. The van der Waals surface area contributed by atoms with Crippen LogP contribution in [0.2, 0.25) is 0 Å². The van der Waals surface area contributed by atoms with E-state index in [2.05, 4.69) is 11.8 Å². The van der Waals surface area contributed by atoms with Gasteiger partial charge in [-0.25, -0.2) is 8.78 Å². The summed E-state index contributed by atoms with van der Waals surface area (Å²) in [6.07, 6.45) is -2.65. The van der Waals surface area contributed by atoms with E-state index in [1.807, 2.05) is 0 Å². The Bertz CT molecular complexity index is 550. The van der Waals surface area contributed by atoms with Crippen LogP contribution in [0.15, 0.2) is 18.2 Å². The van der Waals surface area contributed by atoms with Gasteiger partial charge in [-0.2, -0.15) is 0 Å². The van der Waals surface area contributed by atoms with Crippen molar-refractivity contribution < 1.29 is 18.7 Å². The Labute approximate surface area is 122 Å². The highest BCUT2D eigenvalue weighted by molar-refractivity contribution is 5.94. The average molecular weight is 296 g/mol. The Morgan fingerprint density at radius 1 is 1.43 bits per heavy atom. The normalized spacial score (nSPS) is 10.2. The number of aryl methyl sites for hydroxylation is 1. The van der Waals surface area contributed by atoms with Crippen molar-refractivity contribution in [1.29, 1.82) is 0 Å². The van der Waals surface area contributed by atoms with Crippen molar-refractivity contribution in [3.05, 3.63) is 34.9 Å². The molecule has 0 aliphatic rings. The van der Waals surface area contributed by atoms with Crippen LogP contribution in [0.3, 0.4) is 0 Å². The molecule has 0 saturated heterocycles. The molecule has 3 N–H and O–H groups in total. The highest BCUT2D eigenvalue weighted by Gasteiger charge is 2.19. The molecule has 0 heterocycles. The van der Waals surface area contributed by atoms with Crippen LogP contribution >= 0.6 is 0 Å². The van der Waals surface area contributed by atoms with Crippen molar-refractivity contribution in [3.8, 4) is 11.8 Å². The molecule has 0 bridgehead atoms. The first-order valence-electron chi connectivity index (χ1n) is 6.46. The van der Waals surface area contributed by atoms with Crippen molar-refractivity contribution in [2.24, 2.45) is 5.73 Å². The van der Waals surface area contributed by atoms with E-state index in [0.29, 0.717) is 5.56 Å². The third kappa shape index (κ3) is 5.50. The van der Waals surface area contributed by atoms with Crippen LogP contribution in [-0.4, -0.2) is 48.6 Å². The number of amides is 1. The quantitative estimate of drug-likeness (QED) is 0.797. The lowest BCUT2D eigenvalue weighted by atomic mass is 10.1. The number of benzene rings is 1. The number of carbonyl (C=O) groups excluding carboxylic acids is 1. The van der Waals surface area contributed by atoms with E-state index in [1.165, 1.54) is 6.07 Å². The van der Waals surface area contributed by atoms with E-state index >= 15 is 0 Å². The summed E-state index contributed by atoms with van der Waals surface area (Å²) >= 11 is 0. The zero-order valence-electron chi connectivity index (χ0n) is 11.8. The Balaban J connectivity index is 3.06. The van der Waals surface area contributed by atoms with Gasteiger partial charge in [0.25, 0.3) is 12.3 Å². The molecule has 0 unspecified atom stereocenters. The molecule has 0 fully saturated rings. The minimum atomic E-state index is -2.65. The zero-order valence-corrected chi connectivity index (χ0v) is 11.8. The van der Waals surface area contributed by atoms with Gasteiger partial charge in [0.2, 0.25) is 0 Å². The predicted octanol–water partition coefficient (Wildman–Crippen LogP) is 1.00. The Hall–Kier alpha value is -1.97. The van der Waals surface area contributed by atoms with Crippen LogP contribution in [0.1, 0.15) is 21.5 Å². The van der Waals surface area contributed by atoms with E-state index in [9.17, 15) is 13.6 Å². The molecule has 1 rings (SSSR count). The molecular weight excluding hydrogens is 278 g/mol. The number of alkyl halides is 2. The SMILES string of the molecule is Cc1cc(C#CCN)cc(C(=O)N(CCO)CC(F)F)c1. The average Bonchev–Trinajstić information content (AvgIpc) is 2.43. The third-order valence-electron chi connectivity index (χ3n) is 2.67. The van der Waals surface area contributed by atoms with Crippen LogP contribution in [0.25, 0.3) is 0 Å². The lowest BCUT2D eigenvalue weighted by Gasteiger charge is -2.21. The maximum Gasteiger partial charge on any atom is 0.255 e. The Morgan fingerprint density at radius 2 is 2.14 bits per heavy atom. The van der Waals surface area contributed by atoms with Gasteiger partial charge in [0.05, 0.1) is 19.7 Å². The summed E-state index contributed by atoms with van der Waals surface area (Å²) in [7, 11) is 0. The van der Waals surface area contributed by atoms with Gasteiger partial charge in [0.15, 0.2) is 0 Å². The fourth-order valence-electron chi connectivity index (χ4n) is 1.88. The third-order valence-corrected chi connectivity index (χ3v) is 2.67. The minimum absolute atomic E-state index is 0.138. The number of hydrogen-bond acceptors (Lipinski definition) is 3. The Morgan fingerprint density at radius 3 is 2.71 bits per heavy atom. The number of carbonyl (C=O) groups is 1. The fraction of sp³-hybridized carbons (Fsp3) is 0.400. The number of halogens is 2. The van der Waals surface area contributed by atoms with Gasteiger partial charge in [-0.15, -0.1) is 0 Å². The first kappa shape index (κ1) is 17.1. The molecule has 0 radical (unpaired) electrons. The van der Waals surface area contributed by atoms with Crippen LogP contribution in [0, 0.1) is 18.8 Å². The highest BCUT2D eigenvalue weighted by atomic mass is 19.3. The molecule has 114 valence electrons. The van der Waals surface area contributed by atoms with Crippen LogP contribution in [-0.2, 0) is 0 Å². The molecule has 0 aromatic heterocycles. The molecule has 4 nitrogen and oxygen atoms in total. The maximum atomic E-state index is 12.5. The van der Waals surface area contributed by atoms with E-state index in [4.69, 9.17) is 10.8 Å². The number of aliphatic hydroxyl groups is 1.